The molecule has 2 aliphatic rings. The van der Waals surface area contributed by atoms with Crippen LogP contribution in [0.3, 0.4) is 0 Å². The Balaban J connectivity index is 1.45. The number of amides is 1. The average Bonchev–Trinajstić information content (AvgIpc) is 3.33. The van der Waals surface area contributed by atoms with E-state index in [1.807, 2.05) is 81.1 Å². The molecule has 0 saturated heterocycles. The molecular formula is C29H36N2O4. The fourth-order valence-electron chi connectivity index (χ4n) is 4.75. The highest BCUT2D eigenvalue weighted by molar-refractivity contribution is 6.07. The molecule has 1 aliphatic carbocycles. The van der Waals surface area contributed by atoms with Crippen LogP contribution in [0.5, 0.6) is 5.75 Å². The van der Waals surface area contributed by atoms with E-state index in [0.29, 0.717) is 12.3 Å². The number of hydrogen-bond acceptors (Lipinski definition) is 5. The van der Waals surface area contributed by atoms with E-state index in [-0.39, 0.29) is 5.91 Å². The second-order valence-corrected chi connectivity index (χ2v) is 11.1. The molecule has 6 heteroatoms. The second-order valence-electron chi connectivity index (χ2n) is 11.1. The lowest BCUT2D eigenvalue weighted by molar-refractivity contribution is -0.170. The van der Waals surface area contributed by atoms with Gasteiger partial charge in [0.1, 0.15) is 22.7 Å². The standard InChI is InChI=1S/C29H36N2O4/c1-20-30-29(16-7-8-17-29)25(32)31(20)19-21-12-14-22(15-13-21)23-10-9-11-24(18-23)34-28(5,6)26(33)35-27(2,3)4/h9-15,18H,7-8,16-17,19H2,1-6H3. The van der Waals surface area contributed by atoms with Crippen molar-refractivity contribution in [2.24, 2.45) is 4.99 Å². The molecule has 0 bridgehead atoms. The van der Waals surface area contributed by atoms with Gasteiger partial charge < -0.3 is 9.47 Å². The molecule has 2 aromatic rings. The highest BCUT2D eigenvalue weighted by Gasteiger charge is 2.48. The van der Waals surface area contributed by atoms with Crippen molar-refractivity contribution in [3.63, 3.8) is 0 Å². The van der Waals surface area contributed by atoms with Gasteiger partial charge in [-0.2, -0.15) is 0 Å². The van der Waals surface area contributed by atoms with Crippen LogP contribution in [0.1, 0.15) is 72.8 Å². The first-order valence-electron chi connectivity index (χ1n) is 12.4. The van der Waals surface area contributed by atoms with Crippen LogP contribution < -0.4 is 4.74 Å². The molecule has 0 atom stereocenters. The van der Waals surface area contributed by atoms with Crippen molar-refractivity contribution in [2.45, 2.75) is 90.5 Å². The molecule has 35 heavy (non-hydrogen) atoms. The molecule has 0 radical (unpaired) electrons. The van der Waals surface area contributed by atoms with Crippen LogP contribution in [0, 0.1) is 0 Å². The Morgan fingerprint density at radius 2 is 1.66 bits per heavy atom. The van der Waals surface area contributed by atoms with E-state index < -0.39 is 22.7 Å². The van der Waals surface area contributed by atoms with Gasteiger partial charge in [0.2, 0.25) is 0 Å². The van der Waals surface area contributed by atoms with Gasteiger partial charge in [0.15, 0.2) is 5.60 Å². The third-order valence-electron chi connectivity index (χ3n) is 6.57. The van der Waals surface area contributed by atoms with Crippen molar-refractivity contribution in [1.29, 1.82) is 0 Å². The predicted molar refractivity (Wildman–Crippen MR) is 137 cm³/mol. The highest BCUT2D eigenvalue weighted by atomic mass is 16.6. The molecule has 0 N–H and O–H groups in total. The van der Waals surface area contributed by atoms with E-state index in [4.69, 9.17) is 14.5 Å². The van der Waals surface area contributed by atoms with Gasteiger partial charge in [0, 0.05) is 0 Å². The minimum Gasteiger partial charge on any atom is -0.476 e. The third kappa shape index (κ3) is 5.42. The molecule has 1 saturated carbocycles. The van der Waals surface area contributed by atoms with Gasteiger partial charge in [-0.1, -0.05) is 49.2 Å². The van der Waals surface area contributed by atoms with Gasteiger partial charge in [0.25, 0.3) is 5.91 Å². The topological polar surface area (TPSA) is 68.2 Å². The number of rotatable bonds is 6. The minimum atomic E-state index is -1.12. The lowest BCUT2D eigenvalue weighted by atomic mass is 9.98. The summed E-state index contributed by atoms with van der Waals surface area (Å²) >= 11 is 0. The first-order chi connectivity index (χ1) is 16.4. The maximum atomic E-state index is 13.1. The molecule has 4 rings (SSSR count). The van der Waals surface area contributed by atoms with Gasteiger partial charge in [-0.15, -0.1) is 0 Å². The molecule has 2 aromatic carbocycles. The van der Waals surface area contributed by atoms with Gasteiger partial charge in [0.05, 0.1) is 6.54 Å². The van der Waals surface area contributed by atoms with Crippen molar-refractivity contribution in [1.82, 2.24) is 4.90 Å². The van der Waals surface area contributed by atoms with Crippen LogP contribution in [0.15, 0.2) is 53.5 Å². The second kappa shape index (κ2) is 9.14. The lowest BCUT2D eigenvalue weighted by Gasteiger charge is -2.29. The zero-order chi connectivity index (χ0) is 25.4. The summed E-state index contributed by atoms with van der Waals surface area (Å²) in [6, 6.07) is 15.9. The zero-order valence-electron chi connectivity index (χ0n) is 21.7. The first kappa shape index (κ1) is 25.0. The van der Waals surface area contributed by atoms with Gasteiger partial charge in [-0.3, -0.25) is 14.7 Å². The Labute approximate surface area is 208 Å². The predicted octanol–water partition coefficient (Wildman–Crippen LogP) is 5.93. The largest absolute Gasteiger partial charge is 0.476 e. The minimum absolute atomic E-state index is 0.147. The maximum absolute atomic E-state index is 13.1. The summed E-state index contributed by atoms with van der Waals surface area (Å²) < 4.78 is 11.5. The summed E-state index contributed by atoms with van der Waals surface area (Å²) in [5, 5.41) is 0. The average molecular weight is 477 g/mol. The molecule has 6 nitrogen and oxygen atoms in total. The fourth-order valence-corrected chi connectivity index (χ4v) is 4.75. The van der Waals surface area contributed by atoms with Crippen LogP contribution >= 0.6 is 0 Å². The van der Waals surface area contributed by atoms with E-state index in [1.54, 1.807) is 13.8 Å². The van der Waals surface area contributed by atoms with Crippen LogP contribution in [0.2, 0.25) is 0 Å². The SMILES string of the molecule is CC1=NC2(CCCC2)C(=O)N1Cc1ccc(-c2cccc(OC(C)(C)C(=O)OC(C)(C)C)c2)cc1. The summed E-state index contributed by atoms with van der Waals surface area (Å²) in [5.74, 6) is 1.15. The molecule has 1 aliphatic heterocycles. The van der Waals surface area contributed by atoms with Crippen molar-refractivity contribution in [3.05, 3.63) is 54.1 Å². The van der Waals surface area contributed by atoms with Crippen LogP contribution in [0.4, 0.5) is 0 Å². The van der Waals surface area contributed by atoms with E-state index in [9.17, 15) is 9.59 Å². The summed E-state index contributed by atoms with van der Waals surface area (Å²) in [7, 11) is 0. The van der Waals surface area contributed by atoms with Crippen LogP contribution in [-0.4, -0.2) is 39.4 Å². The maximum Gasteiger partial charge on any atom is 0.350 e. The summed E-state index contributed by atoms with van der Waals surface area (Å²) in [5.41, 5.74) is 0.869. The Morgan fingerprint density at radius 3 is 2.29 bits per heavy atom. The summed E-state index contributed by atoms with van der Waals surface area (Å²) in [6.07, 6.45) is 3.87. The summed E-state index contributed by atoms with van der Waals surface area (Å²) in [6.45, 7) is 11.4. The number of aliphatic imine (C=N–C) groups is 1. The number of benzene rings is 2. The van der Waals surface area contributed by atoms with Crippen LogP contribution in [0.25, 0.3) is 11.1 Å². The zero-order valence-corrected chi connectivity index (χ0v) is 21.7. The first-order valence-corrected chi connectivity index (χ1v) is 12.4. The van der Waals surface area contributed by atoms with E-state index in [1.165, 1.54) is 0 Å². The molecule has 1 amide bonds. The van der Waals surface area contributed by atoms with Gasteiger partial charge in [-0.05, 0) is 83.2 Å². The Bertz CT molecular complexity index is 1140. The van der Waals surface area contributed by atoms with Gasteiger partial charge in [-0.25, -0.2) is 4.79 Å². The number of amidine groups is 1. The Kier molecular flexibility index (Phi) is 6.52. The molecule has 1 spiro atoms. The van der Waals surface area contributed by atoms with E-state index >= 15 is 0 Å². The molecular weight excluding hydrogens is 440 g/mol. The third-order valence-corrected chi connectivity index (χ3v) is 6.57. The molecule has 0 unspecified atom stereocenters. The monoisotopic (exact) mass is 476 g/mol. The fraction of sp³-hybridized carbons (Fsp3) is 0.483. The molecule has 1 heterocycles. The van der Waals surface area contributed by atoms with Crippen molar-refractivity contribution in [3.8, 4) is 16.9 Å². The summed E-state index contributed by atoms with van der Waals surface area (Å²) in [4.78, 5) is 32.2. The number of carbonyl (C=O) groups is 2. The quantitative estimate of drug-likeness (QED) is 0.485. The lowest BCUT2D eigenvalue weighted by Crippen LogP contribution is -2.43. The number of carbonyl (C=O) groups excluding carboxylic acids is 2. The van der Waals surface area contributed by atoms with Crippen molar-refractivity contribution < 1.29 is 19.1 Å². The Hall–Kier alpha value is -3.15. The van der Waals surface area contributed by atoms with E-state index in [0.717, 1.165) is 48.2 Å². The smallest absolute Gasteiger partial charge is 0.350 e. The molecule has 1 fully saturated rings. The number of esters is 1. The Morgan fingerprint density at radius 1 is 1.00 bits per heavy atom. The number of ether oxygens (including phenoxy) is 2. The normalized spacial score (nSPS) is 17.6. The molecule has 0 aromatic heterocycles. The number of nitrogens with zero attached hydrogens (tertiary/aromatic N) is 2. The van der Waals surface area contributed by atoms with Gasteiger partial charge >= 0.3 is 5.97 Å². The molecule has 186 valence electrons. The van der Waals surface area contributed by atoms with E-state index in [2.05, 4.69) is 0 Å². The van der Waals surface area contributed by atoms with Crippen LogP contribution in [-0.2, 0) is 20.9 Å². The van der Waals surface area contributed by atoms with Crippen molar-refractivity contribution >= 4 is 17.7 Å². The highest BCUT2D eigenvalue weighted by Crippen LogP contribution is 2.39. The van der Waals surface area contributed by atoms with Crippen molar-refractivity contribution in [2.75, 3.05) is 0 Å². The number of hydrogen-bond donors (Lipinski definition) is 0.